The van der Waals surface area contributed by atoms with E-state index in [1.807, 2.05) is 0 Å². The number of aliphatic imine (C=N–C) groups is 1. The molecule has 0 aromatic rings. The van der Waals surface area contributed by atoms with Crippen molar-refractivity contribution in [1.82, 2.24) is 4.90 Å². The van der Waals surface area contributed by atoms with E-state index in [2.05, 4.69) is 30.7 Å². The van der Waals surface area contributed by atoms with E-state index in [0.717, 1.165) is 19.0 Å². The molecule has 1 rings (SSSR count). The first kappa shape index (κ1) is 16.3. The van der Waals surface area contributed by atoms with Crippen molar-refractivity contribution in [2.75, 3.05) is 13.1 Å². The number of guanidine groups is 1. The van der Waals surface area contributed by atoms with Crippen LogP contribution in [0.2, 0.25) is 0 Å². The van der Waals surface area contributed by atoms with Crippen LogP contribution in [0.4, 0.5) is 0 Å². The third-order valence-corrected chi connectivity index (χ3v) is 2.87. The molecule has 0 bridgehead atoms. The van der Waals surface area contributed by atoms with E-state index in [1.54, 1.807) is 0 Å². The molecule has 2 unspecified atom stereocenters. The van der Waals surface area contributed by atoms with Gasteiger partial charge >= 0.3 is 0 Å². The molecule has 3 nitrogen and oxygen atoms in total. The molecule has 0 amide bonds. The molecule has 1 aliphatic rings. The van der Waals surface area contributed by atoms with E-state index in [-0.39, 0.29) is 24.8 Å². The van der Waals surface area contributed by atoms with Crippen LogP contribution < -0.4 is 5.73 Å². The highest BCUT2D eigenvalue weighted by atomic mass is 35.5. The Balaban J connectivity index is 0. The first-order chi connectivity index (χ1) is 5.66. The highest BCUT2D eigenvalue weighted by Crippen LogP contribution is 2.15. The third kappa shape index (κ3) is 3.54. The highest BCUT2D eigenvalue weighted by molar-refractivity contribution is 5.85. The summed E-state index contributed by atoms with van der Waals surface area (Å²) in [6.45, 7) is 8.56. The van der Waals surface area contributed by atoms with Crippen LogP contribution in [0.1, 0.15) is 27.2 Å². The summed E-state index contributed by atoms with van der Waals surface area (Å²) < 4.78 is 0. The lowest BCUT2D eigenvalue weighted by atomic mass is 10.00. The fourth-order valence-corrected chi connectivity index (χ4v) is 1.54. The standard InChI is InChI=1S/C9H19N3.2ClH/c1-4-7(2)8(3)12-6-5-11-9(12)10;;/h7-8H,4-6H2,1-3H3,(H2,10,11);2*1H. The lowest BCUT2D eigenvalue weighted by Gasteiger charge is -2.30. The number of hydrogen-bond acceptors (Lipinski definition) is 3. The van der Waals surface area contributed by atoms with E-state index in [1.165, 1.54) is 6.42 Å². The molecular weight excluding hydrogens is 221 g/mol. The molecule has 14 heavy (non-hydrogen) atoms. The maximum atomic E-state index is 5.75. The molecule has 0 aromatic carbocycles. The number of nitrogens with zero attached hydrogens (tertiary/aromatic N) is 2. The lowest BCUT2D eigenvalue weighted by molar-refractivity contribution is 0.265. The van der Waals surface area contributed by atoms with Crippen molar-refractivity contribution in [3.05, 3.63) is 0 Å². The number of nitrogens with two attached hydrogens (primary N) is 1. The van der Waals surface area contributed by atoms with Gasteiger partial charge in [-0.1, -0.05) is 20.3 Å². The number of hydrogen-bond donors (Lipinski definition) is 1. The lowest BCUT2D eigenvalue weighted by Crippen LogP contribution is -2.43. The predicted molar refractivity (Wildman–Crippen MR) is 66.6 cm³/mol. The minimum atomic E-state index is 0. The van der Waals surface area contributed by atoms with Crippen LogP contribution in [0.15, 0.2) is 4.99 Å². The van der Waals surface area contributed by atoms with Gasteiger partial charge in [0, 0.05) is 12.6 Å². The molecule has 0 aliphatic carbocycles. The third-order valence-electron chi connectivity index (χ3n) is 2.87. The Labute approximate surface area is 99.0 Å². The Hall–Kier alpha value is -0.150. The van der Waals surface area contributed by atoms with Gasteiger partial charge in [0.25, 0.3) is 0 Å². The molecule has 2 atom stereocenters. The Morgan fingerprint density at radius 1 is 1.43 bits per heavy atom. The van der Waals surface area contributed by atoms with Gasteiger partial charge in [-0.05, 0) is 12.8 Å². The van der Waals surface area contributed by atoms with Gasteiger partial charge in [0.2, 0.25) is 0 Å². The molecule has 0 aromatic heterocycles. The van der Waals surface area contributed by atoms with Crippen LogP contribution in [0.25, 0.3) is 0 Å². The van der Waals surface area contributed by atoms with Gasteiger partial charge in [-0.3, -0.25) is 4.99 Å². The van der Waals surface area contributed by atoms with Gasteiger partial charge in [-0.25, -0.2) is 0 Å². The molecule has 5 heteroatoms. The highest BCUT2D eigenvalue weighted by Gasteiger charge is 2.23. The zero-order valence-electron chi connectivity index (χ0n) is 9.06. The summed E-state index contributed by atoms with van der Waals surface area (Å²) in [5.41, 5.74) is 5.75. The zero-order valence-corrected chi connectivity index (χ0v) is 10.7. The molecule has 0 radical (unpaired) electrons. The van der Waals surface area contributed by atoms with Gasteiger partial charge < -0.3 is 10.6 Å². The molecule has 2 N–H and O–H groups in total. The van der Waals surface area contributed by atoms with E-state index >= 15 is 0 Å². The van der Waals surface area contributed by atoms with Gasteiger partial charge in [-0.2, -0.15) is 0 Å². The summed E-state index contributed by atoms with van der Waals surface area (Å²) in [5, 5.41) is 0. The van der Waals surface area contributed by atoms with E-state index < -0.39 is 0 Å². The van der Waals surface area contributed by atoms with Crippen molar-refractivity contribution in [3.8, 4) is 0 Å². The van der Waals surface area contributed by atoms with Gasteiger partial charge in [0.05, 0.1) is 6.54 Å². The summed E-state index contributed by atoms with van der Waals surface area (Å²) in [6, 6.07) is 0.529. The second-order valence-corrected chi connectivity index (χ2v) is 3.56. The van der Waals surface area contributed by atoms with Crippen LogP contribution in [0, 0.1) is 5.92 Å². The minimum Gasteiger partial charge on any atom is -0.370 e. The van der Waals surface area contributed by atoms with Gasteiger partial charge in [-0.15, -0.1) is 24.8 Å². The second-order valence-electron chi connectivity index (χ2n) is 3.56. The van der Waals surface area contributed by atoms with Crippen molar-refractivity contribution < 1.29 is 0 Å². The smallest absolute Gasteiger partial charge is 0.191 e. The first-order valence-electron chi connectivity index (χ1n) is 4.73. The first-order valence-corrected chi connectivity index (χ1v) is 4.73. The number of halogens is 2. The molecular formula is C9H21Cl2N3. The predicted octanol–water partition coefficient (Wildman–Crippen LogP) is 1.89. The quantitative estimate of drug-likeness (QED) is 0.821. The van der Waals surface area contributed by atoms with Crippen molar-refractivity contribution in [2.45, 2.75) is 33.2 Å². The maximum absolute atomic E-state index is 5.75. The Morgan fingerprint density at radius 3 is 2.36 bits per heavy atom. The number of rotatable bonds is 3. The Bertz CT molecular complexity index is 185. The van der Waals surface area contributed by atoms with Crippen LogP contribution in [0.3, 0.4) is 0 Å². The molecule has 0 fully saturated rings. The van der Waals surface area contributed by atoms with Crippen LogP contribution >= 0.6 is 24.8 Å². The SMILES string of the molecule is CCC(C)C(C)N1CCN=C1N.Cl.Cl. The van der Waals surface area contributed by atoms with Crippen molar-refractivity contribution >= 4 is 30.8 Å². The molecule has 0 spiro atoms. The molecule has 86 valence electrons. The molecule has 0 saturated heterocycles. The molecule has 1 heterocycles. The summed E-state index contributed by atoms with van der Waals surface area (Å²) in [7, 11) is 0. The Kier molecular flexibility index (Phi) is 8.36. The van der Waals surface area contributed by atoms with Gasteiger partial charge in [0.15, 0.2) is 5.96 Å². The monoisotopic (exact) mass is 241 g/mol. The average molecular weight is 242 g/mol. The fourth-order valence-electron chi connectivity index (χ4n) is 1.54. The summed E-state index contributed by atoms with van der Waals surface area (Å²) in [4.78, 5) is 6.38. The van der Waals surface area contributed by atoms with E-state index in [0.29, 0.717) is 12.0 Å². The summed E-state index contributed by atoms with van der Waals surface area (Å²) >= 11 is 0. The average Bonchev–Trinajstić information content (AvgIpc) is 2.48. The van der Waals surface area contributed by atoms with E-state index in [9.17, 15) is 0 Å². The summed E-state index contributed by atoms with van der Waals surface area (Å²) in [6.07, 6.45) is 1.20. The maximum Gasteiger partial charge on any atom is 0.191 e. The molecule has 0 saturated carbocycles. The van der Waals surface area contributed by atoms with Crippen LogP contribution in [0.5, 0.6) is 0 Å². The summed E-state index contributed by atoms with van der Waals surface area (Å²) in [5.74, 6) is 1.42. The Morgan fingerprint density at radius 2 is 2.00 bits per heavy atom. The largest absolute Gasteiger partial charge is 0.370 e. The van der Waals surface area contributed by atoms with Crippen molar-refractivity contribution in [3.63, 3.8) is 0 Å². The van der Waals surface area contributed by atoms with Crippen molar-refractivity contribution in [1.29, 1.82) is 0 Å². The topological polar surface area (TPSA) is 41.6 Å². The minimum absolute atomic E-state index is 0. The van der Waals surface area contributed by atoms with Crippen LogP contribution in [-0.4, -0.2) is 30.0 Å². The van der Waals surface area contributed by atoms with Crippen LogP contribution in [-0.2, 0) is 0 Å². The molecule has 1 aliphatic heterocycles. The fraction of sp³-hybridized carbons (Fsp3) is 0.889. The van der Waals surface area contributed by atoms with Crippen molar-refractivity contribution in [2.24, 2.45) is 16.6 Å². The van der Waals surface area contributed by atoms with E-state index in [4.69, 9.17) is 5.73 Å². The zero-order chi connectivity index (χ0) is 9.14. The second kappa shape index (κ2) is 7.18. The normalized spacial score (nSPS) is 19.1. The van der Waals surface area contributed by atoms with Gasteiger partial charge in [0.1, 0.15) is 0 Å².